The van der Waals surface area contributed by atoms with Gasteiger partial charge in [0.15, 0.2) is 11.5 Å². The van der Waals surface area contributed by atoms with Crippen molar-refractivity contribution in [2.24, 2.45) is 0 Å². The van der Waals surface area contributed by atoms with E-state index in [4.69, 9.17) is 13.9 Å². The van der Waals surface area contributed by atoms with Crippen molar-refractivity contribution < 1.29 is 23.5 Å². The van der Waals surface area contributed by atoms with Gasteiger partial charge in [0.25, 0.3) is 11.8 Å². The molecule has 0 saturated carbocycles. The lowest BCUT2D eigenvalue weighted by atomic mass is 10.2. The van der Waals surface area contributed by atoms with Crippen molar-refractivity contribution in [2.75, 3.05) is 17.2 Å². The van der Waals surface area contributed by atoms with Crippen molar-refractivity contribution in [2.45, 2.75) is 13.0 Å². The van der Waals surface area contributed by atoms with Gasteiger partial charge >= 0.3 is 0 Å². The highest BCUT2D eigenvalue weighted by Gasteiger charge is 2.30. The fraction of sp³-hybridized carbons (Fsp3) is 0.120. The van der Waals surface area contributed by atoms with Gasteiger partial charge in [0, 0.05) is 11.1 Å². The number of ether oxygens (including phenoxy) is 2. The van der Waals surface area contributed by atoms with Crippen LogP contribution in [-0.2, 0) is 4.79 Å². The molecule has 1 aliphatic rings. The van der Waals surface area contributed by atoms with Crippen LogP contribution in [0.15, 0.2) is 77.2 Å². The van der Waals surface area contributed by atoms with Crippen LogP contribution in [0.25, 0.3) is 11.0 Å². The molecule has 2 N–H and O–H groups in total. The summed E-state index contributed by atoms with van der Waals surface area (Å²) in [7, 11) is 0. The standard InChI is InChI=1S/C25H20N2O5/c1-15-7-6-8-16(13-15)26-25(29)23-22(17-9-2-3-10-18(17)32-23)27-24(28)21-14-30-19-11-4-5-12-20(19)31-21/h2-13,21H,14H2,1H3,(H,26,29)(H,27,28). The van der Waals surface area contributed by atoms with Crippen LogP contribution in [0, 0.1) is 6.92 Å². The first kappa shape index (κ1) is 19.7. The number of fused-ring (bicyclic) bond motifs is 2. The van der Waals surface area contributed by atoms with Crippen molar-refractivity contribution in [3.63, 3.8) is 0 Å². The molecule has 2 heterocycles. The van der Waals surface area contributed by atoms with Gasteiger partial charge < -0.3 is 24.5 Å². The molecule has 160 valence electrons. The monoisotopic (exact) mass is 428 g/mol. The van der Waals surface area contributed by atoms with Crippen LogP contribution in [0.1, 0.15) is 16.1 Å². The highest BCUT2D eigenvalue weighted by atomic mass is 16.6. The van der Waals surface area contributed by atoms with Gasteiger partial charge in [0.1, 0.15) is 17.9 Å². The molecule has 1 aliphatic heterocycles. The average Bonchev–Trinajstić information content (AvgIpc) is 3.17. The van der Waals surface area contributed by atoms with Crippen molar-refractivity contribution in [1.82, 2.24) is 0 Å². The number of furan rings is 1. The molecule has 7 nitrogen and oxygen atoms in total. The van der Waals surface area contributed by atoms with Crippen LogP contribution in [0.2, 0.25) is 0 Å². The van der Waals surface area contributed by atoms with Crippen LogP contribution < -0.4 is 20.1 Å². The SMILES string of the molecule is Cc1cccc(NC(=O)c2oc3ccccc3c2NC(=O)C2COc3ccccc3O2)c1. The van der Waals surface area contributed by atoms with Gasteiger partial charge in [-0.2, -0.15) is 0 Å². The Hall–Kier alpha value is -4.26. The molecule has 0 radical (unpaired) electrons. The van der Waals surface area contributed by atoms with Gasteiger partial charge in [-0.15, -0.1) is 0 Å². The van der Waals surface area contributed by atoms with Crippen LogP contribution >= 0.6 is 0 Å². The van der Waals surface area contributed by atoms with Gasteiger partial charge in [0.2, 0.25) is 11.9 Å². The fourth-order valence-corrected chi connectivity index (χ4v) is 3.59. The maximum atomic E-state index is 13.0. The van der Waals surface area contributed by atoms with E-state index >= 15 is 0 Å². The van der Waals surface area contributed by atoms with Crippen molar-refractivity contribution in [3.8, 4) is 11.5 Å². The summed E-state index contributed by atoms with van der Waals surface area (Å²) in [6.45, 7) is 2.00. The summed E-state index contributed by atoms with van der Waals surface area (Å²) in [5.41, 5.74) is 2.42. The van der Waals surface area contributed by atoms with E-state index in [2.05, 4.69) is 10.6 Å². The summed E-state index contributed by atoms with van der Waals surface area (Å²) >= 11 is 0. The Bertz CT molecular complexity index is 1330. The molecule has 1 unspecified atom stereocenters. The second-order valence-corrected chi connectivity index (χ2v) is 7.48. The molecule has 0 bridgehead atoms. The topological polar surface area (TPSA) is 89.8 Å². The molecule has 4 aromatic rings. The van der Waals surface area contributed by atoms with Crippen LogP contribution in [0.3, 0.4) is 0 Å². The molecule has 0 saturated heterocycles. The predicted octanol–water partition coefficient (Wildman–Crippen LogP) is 4.77. The lowest BCUT2D eigenvalue weighted by molar-refractivity contribution is -0.125. The minimum atomic E-state index is -0.869. The molecule has 2 amide bonds. The second kappa shape index (κ2) is 8.11. The number of nitrogens with one attached hydrogen (secondary N) is 2. The summed E-state index contributed by atoms with van der Waals surface area (Å²) in [5, 5.41) is 6.26. The number of para-hydroxylation sites is 3. The third-order valence-electron chi connectivity index (χ3n) is 5.13. The smallest absolute Gasteiger partial charge is 0.293 e. The Morgan fingerprint density at radius 2 is 1.69 bits per heavy atom. The average molecular weight is 428 g/mol. The first-order valence-corrected chi connectivity index (χ1v) is 10.2. The quantitative estimate of drug-likeness (QED) is 0.489. The van der Waals surface area contributed by atoms with E-state index in [0.29, 0.717) is 33.8 Å². The number of amides is 2. The minimum absolute atomic E-state index is 0.0122. The number of carbonyl (C=O) groups excluding carboxylic acids is 2. The molecule has 3 aromatic carbocycles. The number of rotatable bonds is 4. The molecule has 0 aliphatic carbocycles. The zero-order valence-electron chi connectivity index (χ0n) is 17.3. The van der Waals surface area contributed by atoms with E-state index < -0.39 is 17.9 Å². The molecule has 1 atom stereocenters. The van der Waals surface area contributed by atoms with Crippen molar-refractivity contribution >= 4 is 34.2 Å². The van der Waals surface area contributed by atoms with Gasteiger partial charge in [-0.05, 0) is 48.9 Å². The third kappa shape index (κ3) is 3.76. The Balaban J connectivity index is 1.43. The molecular weight excluding hydrogens is 408 g/mol. The highest BCUT2D eigenvalue weighted by Crippen LogP contribution is 2.34. The van der Waals surface area contributed by atoms with E-state index in [0.717, 1.165) is 5.56 Å². The third-order valence-corrected chi connectivity index (χ3v) is 5.13. The zero-order chi connectivity index (χ0) is 22.1. The Labute approximate surface area is 183 Å². The van der Waals surface area contributed by atoms with Gasteiger partial charge in [-0.25, -0.2) is 0 Å². The number of carbonyl (C=O) groups is 2. The number of hydrogen-bond donors (Lipinski definition) is 2. The van der Waals surface area contributed by atoms with E-state index in [9.17, 15) is 9.59 Å². The maximum Gasteiger partial charge on any atom is 0.293 e. The zero-order valence-corrected chi connectivity index (χ0v) is 17.3. The number of hydrogen-bond acceptors (Lipinski definition) is 5. The lowest BCUT2D eigenvalue weighted by Crippen LogP contribution is -2.40. The molecule has 0 spiro atoms. The second-order valence-electron chi connectivity index (χ2n) is 7.48. The van der Waals surface area contributed by atoms with Crippen LogP contribution in [-0.4, -0.2) is 24.5 Å². The minimum Gasteiger partial charge on any atom is -0.485 e. The summed E-state index contributed by atoms with van der Waals surface area (Å²) in [6.07, 6.45) is -0.869. The largest absolute Gasteiger partial charge is 0.485 e. The molecule has 5 rings (SSSR count). The highest BCUT2D eigenvalue weighted by molar-refractivity contribution is 6.15. The predicted molar refractivity (Wildman–Crippen MR) is 120 cm³/mol. The Kier molecular flexibility index (Phi) is 4.99. The summed E-state index contributed by atoms with van der Waals surface area (Å²) in [6, 6.07) is 21.7. The number of aryl methyl sites for hydroxylation is 1. The summed E-state index contributed by atoms with van der Waals surface area (Å²) < 4.78 is 17.2. The van der Waals surface area contributed by atoms with Crippen molar-refractivity contribution in [3.05, 3.63) is 84.1 Å². The summed E-state index contributed by atoms with van der Waals surface area (Å²) in [5.74, 6) is 0.194. The Morgan fingerprint density at radius 3 is 2.53 bits per heavy atom. The van der Waals surface area contributed by atoms with E-state index in [-0.39, 0.29) is 12.4 Å². The fourth-order valence-electron chi connectivity index (χ4n) is 3.59. The summed E-state index contributed by atoms with van der Waals surface area (Å²) in [4.78, 5) is 26.0. The number of anilines is 2. The molecule has 7 heteroatoms. The number of benzene rings is 3. The van der Waals surface area contributed by atoms with E-state index in [1.165, 1.54) is 0 Å². The lowest BCUT2D eigenvalue weighted by Gasteiger charge is -2.25. The van der Waals surface area contributed by atoms with Gasteiger partial charge in [0.05, 0.1) is 0 Å². The van der Waals surface area contributed by atoms with Crippen LogP contribution in [0.5, 0.6) is 11.5 Å². The van der Waals surface area contributed by atoms with Crippen LogP contribution in [0.4, 0.5) is 11.4 Å². The van der Waals surface area contributed by atoms with Gasteiger partial charge in [-0.3, -0.25) is 9.59 Å². The molecule has 32 heavy (non-hydrogen) atoms. The molecular formula is C25H20N2O5. The first-order valence-electron chi connectivity index (χ1n) is 10.2. The maximum absolute atomic E-state index is 13.0. The van der Waals surface area contributed by atoms with E-state index in [1.807, 2.05) is 37.3 Å². The van der Waals surface area contributed by atoms with Gasteiger partial charge in [-0.1, -0.05) is 36.4 Å². The first-order chi connectivity index (χ1) is 15.6. The van der Waals surface area contributed by atoms with E-state index in [1.54, 1.807) is 42.5 Å². The normalized spacial score (nSPS) is 14.7. The molecule has 1 aromatic heterocycles. The van der Waals surface area contributed by atoms with Crippen molar-refractivity contribution in [1.29, 1.82) is 0 Å². The molecule has 0 fully saturated rings. The Morgan fingerprint density at radius 1 is 0.906 bits per heavy atom.